The summed E-state index contributed by atoms with van der Waals surface area (Å²) in [4.78, 5) is 13.0. The molecule has 0 aliphatic carbocycles. The highest BCUT2D eigenvalue weighted by molar-refractivity contribution is 5.78. The van der Waals surface area contributed by atoms with Crippen LogP contribution in [0, 0.1) is 0 Å². The average molecular weight is 194 g/mol. The van der Waals surface area contributed by atoms with E-state index in [1.54, 1.807) is 11.1 Å². The molecule has 5 nitrogen and oxygen atoms in total. The van der Waals surface area contributed by atoms with Gasteiger partial charge >= 0.3 is 0 Å². The number of likely N-dealkylation sites (N-methyl/N-ethyl adjacent to an activating group) is 1. The second kappa shape index (κ2) is 3.79. The third-order valence-electron chi connectivity index (χ3n) is 2.49. The summed E-state index contributed by atoms with van der Waals surface area (Å²) in [5.74, 6) is 0.217. The fraction of sp³-hybridized carbons (Fsp3) is 0.556. The van der Waals surface area contributed by atoms with Crippen LogP contribution in [0.3, 0.4) is 0 Å². The predicted molar refractivity (Wildman–Crippen MR) is 51.5 cm³/mol. The number of aromatic amines is 1. The number of hydrogen-bond donors (Lipinski definition) is 2. The molecular weight excluding hydrogens is 180 g/mol. The molecule has 1 aromatic heterocycles. The maximum Gasteiger partial charge on any atom is 0.224 e. The van der Waals surface area contributed by atoms with Crippen molar-refractivity contribution in [3.8, 4) is 0 Å². The van der Waals surface area contributed by atoms with Crippen molar-refractivity contribution in [2.75, 3.05) is 13.6 Å². The maximum absolute atomic E-state index is 11.2. The molecule has 1 saturated heterocycles. The Bertz CT molecular complexity index is 309. The second-order valence-electron chi connectivity index (χ2n) is 3.66. The van der Waals surface area contributed by atoms with E-state index in [0.29, 0.717) is 6.42 Å². The molecular formula is C9H14N4O. The van der Waals surface area contributed by atoms with Crippen molar-refractivity contribution >= 4 is 5.91 Å². The van der Waals surface area contributed by atoms with Crippen LogP contribution in [0.1, 0.15) is 12.0 Å². The van der Waals surface area contributed by atoms with Gasteiger partial charge in [-0.1, -0.05) is 0 Å². The fourth-order valence-electron chi connectivity index (χ4n) is 1.64. The van der Waals surface area contributed by atoms with Crippen molar-refractivity contribution < 1.29 is 4.79 Å². The van der Waals surface area contributed by atoms with Gasteiger partial charge in [0.1, 0.15) is 0 Å². The van der Waals surface area contributed by atoms with Gasteiger partial charge in [0.25, 0.3) is 0 Å². The number of nitrogens with zero attached hydrogens (tertiary/aromatic N) is 2. The molecule has 76 valence electrons. The zero-order valence-corrected chi connectivity index (χ0v) is 8.16. The largest absolute Gasteiger partial charge is 0.344 e. The first-order chi connectivity index (χ1) is 6.75. The first-order valence-electron chi connectivity index (χ1n) is 4.70. The Morgan fingerprint density at radius 3 is 3.21 bits per heavy atom. The van der Waals surface area contributed by atoms with Crippen molar-refractivity contribution in [1.82, 2.24) is 20.4 Å². The van der Waals surface area contributed by atoms with Gasteiger partial charge in [-0.05, 0) is 0 Å². The number of nitrogens with one attached hydrogen (secondary N) is 2. The minimum Gasteiger partial charge on any atom is -0.344 e. The van der Waals surface area contributed by atoms with E-state index in [-0.39, 0.29) is 11.9 Å². The van der Waals surface area contributed by atoms with Crippen molar-refractivity contribution in [3.05, 3.63) is 18.0 Å². The van der Waals surface area contributed by atoms with Gasteiger partial charge in [-0.15, -0.1) is 0 Å². The SMILES string of the molecule is CN1CC(NCc2cn[nH]c2)CC1=O. The Morgan fingerprint density at radius 1 is 1.79 bits per heavy atom. The highest BCUT2D eigenvalue weighted by Gasteiger charge is 2.25. The van der Waals surface area contributed by atoms with E-state index in [1.165, 1.54) is 0 Å². The molecule has 1 aliphatic rings. The number of H-pyrrole nitrogens is 1. The molecule has 1 amide bonds. The van der Waals surface area contributed by atoms with Gasteiger partial charge in [0.05, 0.1) is 6.20 Å². The van der Waals surface area contributed by atoms with Crippen LogP contribution in [0.25, 0.3) is 0 Å². The van der Waals surface area contributed by atoms with Gasteiger partial charge in [0, 0.05) is 44.4 Å². The lowest BCUT2D eigenvalue weighted by molar-refractivity contribution is -0.126. The molecule has 0 bridgehead atoms. The Morgan fingerprint density at radius 2 is 2.64 bits per heavy atom. The predicted octanol–water partition coefficient (Wildman–Crippen LogP) is -0.270. The molecule has 0 spiro atoms. The lowest BCUT2D eigenvalue weighted by Gasteiger charge is -2.10. The summed E-state index contributed by atoms with van der Waals surface area (Å²) in [6.45, 7) is 1.57. The van der Waals surface area contributed by atoms with E-state index < -0.39 is 0 Å². The molecule has 14 heavy (non-hydrogen) atoms. The second-order valence-corrected chi connectivity index (χ2v) is 3.66. The van der Waals surface area contributed by atoms with Crippen LogP contribution in [0.15, 0.2) is 12.4 Å². The minimum atomic E-state index is 0.217. The summed E-state index contributed by atoms with van der Waals surface area (Å²) in [5, 5.41) is 9.93. The van der Waals surface area contributed by atoms with E-state index in [2.05, 4.69) is 15.5 Å². The molecule has 2 N–H and O–H groups in total. The average Bonchev–Trinajstić information content (AvgIpc) is 2.74. The monoisotopic (exact) mass is 194 g/mol. The molecule has 1 atom stereocenters. The van der Waals surface area contributed by atoms with Crippen molar-refractivity contribution in [1.29, 1.82) is 0 Å². The van der Waals surface area contributed by atoms with Gasteiger partial charge < -0.3 is 10.2 Å². The number of carbonyl (C=O) groups is 1. The first-order valence-corrected chi connectivity index (χ1v) is 4.70. The number of aromatic nitrogens is 2. The Balaban J connectivity index is 1.80. The van der Waals surface area contributed by atoms with Crippen LogP contribution in [0.4, 0.5) is 0 Å². The van der Waals surface area contributed by atoms with Gasteiger partial charge in [-0.3, -0.25) is 9.89 Å². The smallest absolute Gasteiger partial charge is 0.224 e. The van der Waals surface area contributed by atoms with Gasteiger partial charge in [0.15, 0.2) is 0 Å². The standard InChI is InChI=1S/C9H14N4O/c1-13-6-8(2-9(13)14)10-3-7-4-11-12-5-7/h4-5,8,10H,2-3,6H2,1H3,(H,11,12). The fourth-order valence-corrected chi connectivity index (χ4v) is 1.64. The molecule has 1 aliphatic heterocycles. The zero-order chi connectivity index (χ0) is 9.97. The zero-order valence-electron chi connectivity index (χ0n) is 8.16. The summed E-state index contributed by atoms with van der Waals surface area (Å²) >= 11 is 0. The summed E-state index contributed by atoms with van der Waals surface area (Å²) in [6, 6.07) is 0.280. The number of carbonyl (C=O) groups excluding carboxylic acids is 1. The van der Waals surface area contributed by atoms with Crippen LogP contribution in [-0.2, 0) is 11.3 Å². The third-order valence-corrected chi connectivity index (χ3v) is 2.49. The van der Waals surface area contributed by atoms with Gasteiger partial charge in [-0.25, -0.2) is 0 Å². The lowest BCUT2D eigenvalue weighted by Crippen LogP contribution is -2.30. The summed E-state index contributed by atoms with van der Waals surface area (Å²) in [5.41, 5.74) is 1.12. The lowest BCUT2D eigenvalue weighted by atomic mass is 10.2. The topological polar surface area (TPSA) is 61.0 Å². The Kier molecular flexibility index (Phi) is 2.49. The van der Waals surface area contributed by atoms with E-state index in [0.717, 1.165) is 18.7 Å². The first kappa shape index (κ1) is 9.21. The summed E-state index contributed by atoms with van der Waals surface area (Å²) in [7, 11) is 1.84. The Labute approximate surface area is 82.5 Å². The third kappa shape index (κ3) is 1.93. The normalized spacial score (nSPS) is 21.9. The summed E-state index contributed by atoms with van der Waals surface area (Å²) in [6.07, 6.45) is 4.25. The number of rotatable bonds is 3. The van der Waals surface area contributed by atoms with Crippen LogP contribution >= 0.6 is 0 Å². The molecule has 1 aromatic rings. The Hall–Kier alpha value is -1.36. The van der Waals surface area contributed by atoms with Gasteiger partial charge in [0.2, 0.25) is 5.91 Å². The van der Waals surface area contributed by atoms with E-state index in [9.17, 15) is 4.79 Å². The van der Waals surface area contributed by atoms with Crippen LogP contribution in [-0.4, -0.2) is 40.6 Å². The van der Waals surface area contributed by atoms with Crippen LogP contribution < -0.4 is 5.32 Å². The van der Waals surface area contributed by atoms with Gasteiger partial charge in [-0.2, -0.15) is 5.10 Å². The number of hydrogen-bond acceptors (Lipinski definition) is 3. The molecule has 0 radical (unpaired) electrons. The van der Waals surface area contributed by atoms with Crippen molar-refractivity contribution in [3.63, 3.8) is 0 Å². The van der Waals surface area contributed by atoms with E-state index in [1.807, 2.05) is 13.2 Å². The quantitative estimate of drug-likeness (QED) is 0.696. The van der Waals surface area contributed by atoms with E-state index in [4.69, 9.17) is 0 Å². The van der Waals surface area contributed by atoms with Crippen molar-refractivity contribution in [2.45, 2.75) is 19.0 Å². The molecule has 5 heteroatoms. The molecule has 1 unspecified atom stereocenters. The molecule has 1 fully saturated rings. The highest BCUT2D eigenvalue weighted by atomic mass is 16.2. The van der Waals surface area contributed by atoms with Crippen molar-refractivity contribution in [2.24, 2.45) is 0 Å². The number of likely N-dealkylation sites (tertiary alicyclic amines) is 1. The van der Waals surface area contributed by atoms with Crippen LogP contribution in [0.2, 0.25) is 0 Å². The minimum absolute atomic E-state index is 0.217. The highest BCUT2D eigenvalue weighted by Crippen LogP contribution is 2.08. The molecule has 2 rings (SSSR count). The molecule has 0 aromatic carbocycles. The maximum atomic E-state index is 11.2. The summed E-state index contributed by atoms with van der Waals surface area (Å²) < 4.78 is 0. The molecule has 2 heterocycles. The molecule has 0 saturated carbocycles. The number of amides is 1. The van der Waals surface area contributed by atoms with E-state index >= 15 is 0 Å². The van der Waals surface area contributed by atoms with Crippen LogP contribution in [0.5, 0.6) is 0 Å².